The van der Waals surface area contributed by atoms with Crippen molar-refractivity contribution in [2.75, 3.05) is 0 Å². The molecule has 5 aromatic rings. The molecule has 0 amide bonds. The van der Waals surface area contributed by atoms with Crippen LogP contribution in [0.5, 0.6) is 0 Å². The fourth-order valence-corrected chi connectivity index (χ4v) is 2.94. The summed E-state index contributed by atoms with van der Waals surface area (Å²) in [5.74, 6) is 1.12. The molecule has 0 aliphatic heterocycles. The van der Waals surface area contributed by atoms with Gasteiger partial charge in [0, 0.05) is 55.1 Å². The van der Waals surface area contributed by atoms with Crippen LogP contribution in [-0.4, -0.2) is 34.9 Å². The van der Waals surface area contributed by atoms with Crippen LogP contribution in [0.1, 0.15) is 0 Å². The third kappa shape index (κ3) is 3.15. The van der Waals surface area contributed by atoms with Crippen molar-refractivity contribution in [1.29, 1.82) is 0 Å². The minimum Gasteiger partial charge on any atom is -0.356 e. The Morgan fingerprint density at radius 2 is 1.17 bits per heavy atom. The van der Waals surface area contributed by atoms with Crippen molar-refractivity contribution in [2.45, 2.75) is 0 Å². The summed E-state index contributed by atoms with van der Waals surface area (Å²) in [6.45, 7) is 0. The van der Waals surface area contributed by atoms with Gasteiger partial charge in [-0.3, -0.25) is 14.8 Å². The Labute approximate surface area is 169 Å². The topological polar surface area (TPSA) is 128 Å². The zero-order chi connectivity index (χ0) is 20.5. The zero-order valence-electron chi connectivity index (χ0n) is 15.7. The van der Waals surface area contributed by atoms with E-state index in [2.05, 4.69) is 40.3 Å². The van der Waals surface area contributed by atoms with Crippen LogP contribution in [0.3, 0.4) is 0 Å². The Bertz CT molecular complexity index is 1270. The van der Waals surface area contributed by atoms with Gasteiger partial charge >= 0.3 is 0 Å². The lowest BCUT2D eigenvalue weighted by molar-refractivity contribution is 0.898. The summed E-state index contributed by atoms with van der Waals surface area (Å²) in [4.78, 5) is 30.3. The fourth-order valence-electron chi connectivity index (χ4n) is 2.94. The molecule has 0 atom stereocenters. The Morgan fingerprint density at radius 3 is 1.60 bits per heavy atom. The van der Waals surface area contributed by atoms with Crippen molar-refractivity contribution in [1.82, 2.24) is 44.9 Å². The van der Waals surface area contributed by atoms with Crippen LogP contribution < -0.4 is 15.4 Å². The second-order valence-electron chi connectivity index (χ2n) is 6.43. The molecule has 0 aliphatic rings. The maximum Gasteiger partial charge on any atom is 0.197 e. The summed E-state index contributed by atoms with van der Waals surface area (Å²) < 4.78 is 1.72. The van der Waals surface area contributed by atoms with Gasteiger partial charge in [0.25, 0.3) is 0 Å². The molecule has 30 heavy (non-hydrogen) atoms. The van der Waals surface area contributed by atoms with E-state index in [0.29, 0.717) is 23.0 Å². The molecule has 0 aromatic carbocycles. The first kappa shape index (κ1) is 17.6. The Morgan fingerprint density at radius 1 is 0.700 bits per heavy atom. The standard InChI is InChI=1S/C20H13N9O/c1-29-10-12(17-23-19(27-25-17)14-6-2-4-8-21-14)16(30)13(11-29)18-24-20(28-26-18)15-7-3-5-9-22-15/h2-11H,1H3/q-2. The first-order chi connectivity index (χ1) is 14.7. The number of rotatable bonds is 4. The van der Waals surface area contributed by atoms with Gasteiger partial charge in [-0.15, -0.1) is 0 Å². The van der Waals surface area contributed by atoms with Gasteiger partial charge in [0.15, 0.2) is 5.43 Å². The summed E-state index contributed by atoms with van der Waals surface area (Å²) in [6, 6.07) is 10.8. The lowest BCUT2D eigenvalue weighted by Crippen LogP contribution is -2.13. The smallest absolute Gasteiger partial charge is 0.197 e. The summed E-state index contributed by atoms with van der Waals surface area (Å²) in [5.41, 5.74) is 1.41. The van der Waals surface area contributed by atoms with E-state index in [1.165, 1.54) is 0 Å². The minimum atomic E-state index is -0.312. The molecule has 0 unspecified atom stereocenters. The molecule has 0 aliphatic carbocycles. The Hall–Kier alpha value is -4.47. The predicted molar refractivity (Wildman–Crippen MR) is 107 cm³/mol. The summed E-state index contributed by atoms with van der Waals surface area (Å²) in [6.07, 6.45) is 6.57. The summed E-state index contributed by atoms with van der Waals surface area (Å²) >= 11 is 0. The molecular formula is C20H13N9O-2. The van der Waals surface area contributed by atoms with Crippen molar-refractivity contribution in [3.05, 3.63) is 71.4 Å². The van der Waals surface area contributed by atoms with Crippen LogP contribution in [0.25, 0.3) is 45.8 Å². The van der Waals surface area contributed by atoms with E-state index in [-0.39, 0.29) is 28.2 Å². The monoisotopic (exact) mass is 395 g/mol. The summed E-state index contributed by atoms with van der Waals surface area (Å²) in [5, 5.41) is 16.3. The normalized spacial score (nSPS) is 11.0. The maximum absolute atomic E-state index is 13.2. The van der Waals surface area contributed by atoms with Crippen molar-refractivity contribution in [2.24, 2.45) is 7.05 Å². The average molecular weight is 395 g/mol. The van der Waals surface area contributed by atoms with Crippen molar-refractivity contribution < 1.29 is 0 Å². The SMILES string of the molecule is Cn1cc(-c2nnc(-c3ccccn3)[n-]2)c(=O)c(-c2nnc(-c3ccccn3)[n-]2)c1. The molecule has 0 radical (unpaired) electrons. The van der Waals surface area contributed by atoms with Crippen LogP contribution in [-0.2, 0) is 7.05 Å². The van der Waals surface area contributed by atoms with Crippen molar-refractivity contribution >= 4 is 0 Å². The van der Waals surface area contributed by atoms with Crippen LogP contribution >= 0.6 is 0 Å². The van der Waals surface area contributed by atoms with E-state index in [1.54, 1.807) is 60.7 Å². The largest absolute Gasteiger partial charge is 0.356 e. The molecule has 146 valence electrons. The molecule has 5 aromatic heterocycles. The third-order valence-corrected chi connectivity index (χ3v) is 4.33. The van der Waals surface area contributed by atoms with Gasteiger partial charge in [0.1, 0.15) is 0 Å². The lowest BCUT2D eigenvalue weighted by atomic mass is 10.1. The van der Waals surface area contributed by atoms with Gasteiger partial charge in [-0.05, 0) is 24.3 Å². The minimum absolute atomic E-state index is 0.211. The molecule has 0 fully saturated rings. The van der Waals surface area contributed by atoms with E-state index in [4.69, 9.17) is 0 Å². The number of aryl methyl sites for hydroxylation is 1. The highest BCUT2D eigenvalue weighted by atomic mass is 16.1. The number of hydrogen-bond donors (Lipinski definition) is 0. The predicted octanol–water partition coefficient (Wildman–Crippen LogP) is 1.34. The van der Waals surface area contributed by atoms with E-state index >= 15 is 0 Å². The van der Waals surface area contributed by atoms with Crippen molar-refractivity contribution in [3.63, 3.8) is 0 Å². The van der Waals surface area contributed by atoms with Crippen LogP contribution in [0, 0.1) is 0 Å². The zero-order valence-corrected chi connectivity index (χ0v) is 15.7. The molecule has 5 rings (SSSR count). The van der Waals surface area contributed by atoms with Gasteiger partial charge in [-0.2, -0.15) is 0 Å². The number of hydrogen-bond acceptors (Lipinski definition) is 7. The quantitative estimate of drug-likeness (QED) is 0.443. The van der Waals surface area contributed by atoms with Gasteiger partial charge in [-0.1, -0.05) is 12.1 Å². The second kappa shape index (κ2) is 7.17. The highest BCUT2D eigenvalue weighted by Crippen LogP contribution is 2.19. The van der Waals surface area contributed by atoms with Crippen LogP contribution in [0.4, 0.5) is 0 Å². The van der Waals surface area contributed by atoms with E-state index in [1.807, 2.05) is 12.1 Å². The second-order valence-corrected chi connectivity index (χ2v) is 6.43. The Balaban J connectivity index is 1.57. The van der Waals surface area contributed by atoms with E-state index in [0.717, 1.165) is 0 Å². The van der Waals surface area contributed by atoms with Gasteiger partial charge < -0.3 is 34.9 Å². The van der Waals surface area contributed by atoms with E-state index < -0.39 is 0 Å². The lowest BCUT2D eigenvalue weighted by Gasteiger charge is -2.09. The first-order valence-corrected chi connectivity index (χ1v) is 8.97. The van der Waals surface area contributed by atoms with Gasteiger partial charge in [-0.25, -0.2) is 0 Å². The maximum atomic E-state index is 13.2. The average Bonchev–Trinajstić information content (AvgIpc) is 3.47. The third-order valence-electron chi connectivity index (χ3n) is 4.33. The van der Waals surface area contributed by atoms with Crippen LogP contribution in [0.15, 0.2) is 66.0 Å². The Kier molecular flexibility index (Phi) is 4.21. The van der Waals surface area contributed by atoms with Crippen molar-refractivity contribution in [3.8, 4) is 45.8 Å². The number of aromatic nitrogens is 9. The first-order valence-electron chi connectivity index (χ1n) is 8.97. The molecule has 0 saturated heterocycles. The number of nitrogens with zero attached hydrogens (tertiary/aromatic N) is 9. The molecular weight excluding hydrogens is 382 g/mol. The molecule has 0 bridgehead atoms. The molecule has 0 N–H and O–H groups in total. The fraction of sp³-hybridized carbons (Fsp3) is 0.0500. The summed E-state index contributed by atoms with van der Waals surface area (Å²) in [7, 11) is 1.79. The molecule has 5 heterocycles. The highest BCUT2D eigenvalue weighted by Gasteiger charge is 2.11. The van der Waals surface area contributed by atoms with Gasteiger partial charge in [0.2, 0.25) is 0 Å². The molecule has 0 spiro atoms. The number of pyridine rings is 3. The van der Waals surface area contributed by atoms with E-state index in [9.17, 15) is 4.79 Å². The molecule has 10 nitrogen and oxygen atoms in total. The molecule has 0 saturated carbocycles. The van der Waals surface area contributed by atoms with Gasteiger partial charge in [0.05, 0.1) is 22.5 Å². The highest BCUT2D eigenvalue weighted by molar-refractivity contribution is 5.66. The molecule has 10 heteroatoms. The van der Waals surface area contributed by atoms with Crippen LogP contribution in [0.2, 0.25) is 0 Å².